The molecule has 1 atom stereocenters. The molecule has 0 saturated carbocycles. The van der Waals surface area contributed by atoms with Gasteiger partial charge in [-0.1, -0.05) is 6.92 Å². The topological polar surface area (TPSA) is 79.0 Å². The number of carbonyl (C=O) groups excluding carboxylic acids is 1. The first kappa shape index (κ1) is 18.3. The maximum absolute atomic E-state index is 12.1. The summed E-state index contributed by atoms with van der Waals surface area (Å²) >= 11 is 0. The second-order valence-electron chi connectivity index (χ2n) is 5.52. The van der Waals surface area contributed by atoms with Crippen LogP contribution >= 0.6 is 0 Å². The zero-order valence-corrected chi connectivity index (χ0v) is 14.2. The van der Waals surface area contributed by atoms with Gasteiger partial charge in [0.1, 0.15) is 5.54 Å². The zero-order valence-electron chi connectivity index (χ0n) is 13.4. The molecule has 7 nitrogen and oxygen atoms in total. The number of sulfonamides is 1. The maximum Gasteiger partial charge on any atom is 0.327 e. The van der Waals surface area contributed by atoms with Crippen LogP contribution in [0, 0.1) is 0 Å². The summed E-state index contributed by atoms with van der Waals surface area (Å²) in [5.41, 5.74) is -0.766. The fourth-order valence-electron chi connectivity index (χ4n) is 2.54. The first-order chi connectivity index (χ1) is 9.73. The highest BCUT2D eigenvalue weighted by Gasteiger charge is 2.37. The molecule has 1 rings (SSSR count). The largest absolute Gasteiger partial charge is 0.465 e. The molecule has 1 N–H and O–H groups in total. The summed E-state index contributed by atoms with van der Waals surface area (Å²) in [6, 6.07) is 0. The van der Waals surface area contributed by atoms with Crippen molar-refractivity contribution in [3.63, 3.8) is 0 Å². The number of esters is 1. The molecular formula is C13H27N3O4S. The van der Waals surface area contributed by atoms with Crippen molar-refractivity contribution in [3.8, 4) is 0 Å². The van der Waals surface area contributed by atoms with Gasteiger partial charge in [-0.15, -0.1) is 0 Å². The van der Waals surface area contributed by atoms with E-state index < -0.39 is 15.6 Å². The summed E-state index contributed by atoms with van der Waals surface area (Å²) in [5.74, 6) is -0.266. The Morgan fingerprint density at radius 3 is 2.24 bits per heavy atom. The molecule has 1 heterocycles. The van der Waals surface area contributed by atoms with Crippen LogP contribution in [0.4, 0.5) is 0 Å². The minimum Gasteiger partial charge on any atom is -0.465 e. The summed E-state index contributed by atoms with van der Waals surface area (Å²) in [7, 11) is -3.13. The molecule has 124 valence electrons. The van der Waals surface area contributed by atoms with Gasteiger partial charge in [0, 0.05) is 32.7 Å². The minimum atomic E-state index is -3.13. The minimum absolute atomic E-state index is 0.266. The molecule has 1 fully saturated rings. The normalized spacial score (nSPS) is 21.0. The average molecular weight is 321 g/mol. The van der Waals surface area contributed by atoms with Crippen molar-refractivity contribution in [2.24, 2.45) is 0 Å². The molecular weight excluding hydrogens is 294 g/mol. The molecule has 0 spiro atoms. The maximum atomic E-state index is 12.1. The van der Waals surface area contributed by atoms with Gasteiger partial charge in [0.05, 0.1) is 12.9 Å². The van der Waals surface area contributed by atoms with E-state index in [9.17, 15) is 13.2 Å². The summed E-state index contributed by atoms with van der Waals surface area (Å²) in [4.78, 5) is 14.2. The van der Waals surface area contributed by atoms with E-state index in [0.29, 0.717) is 45.9 Å². The highest BCUT2D eigenvalue weighted by molar-refractivity contribution is 7.88. The van der Waals surface area contributed by atoms with Crippen molar-refractivity contribution in [1.82, 2.24) is 14.5 Å². The second-order valence-corrected chi connectivity index (χ2v) is 7.50. The van der Waals surface area contributed by atoms with Crippen molar-refractivity contribution in [3.05, 3.63) is 0 Å². The van der Waals surface area contributed by atoms with Crippen LogP contribution in [0.5, 0.6) is 0 Å². The lowest BCUT2D eigenvalue weighted by Gasteiger charge is -2.38. The molecule has 1 saturated heterocycles. The van der Waals surface area contributed by atoms with Gasteiger partial charge in [0.2, 0.25) is 10.0 Å². The van der Waals surface area contributed by atoms with Gasteiger partial charge >= 0.3 is 5.97 Å². The second kappa shape index (κ2) is 7.53. The van der Waals surface area contributed by atoms with Crippen molar-refractivity contribution >= 4 is 16.0 Å². The van der Waals surface area contributed by atoms with Gasteiger partial charge in [-0.2, -0.15) is 4.31 Å². The lowest BCUT2D eigenvalue weighted by molar-refractivity contribution is -0.151. The molecule has 21 heavy (non-hydrogen) atoms. The van der Waals surface area contributed by atoms with Crippen LogP contribution in [0.15, 0.2) is 0 Å². The standard InChI is InChI=1S/C13H27N3O4S/c1-5-14-13(3,12(17)20-6-2)11-15-7-9-16(10-8-15)21(4,18)19/h14H,5-11H2,1-4H3. The van der Waals surface area contributed by atoms with Crippen molar-refractivity contribution in [2.45, 2.75) is 26.3 Å². The van der Waals surface area contributed by atoms with E-state index in [1.165, 1.54) is 10.6 Å². The molecule has 0 amide bonds. The molecule has 1 aliphatic heterocycles. The van der Waals surface area contributed by atoms with Crippen molar-refractivity contribution in [2.75, 3.05) is 52.1 Å². The van der Waals surface area contributed by atoms with E-state index >= 15 is 0 Å². The third kappa shape index (κ3) is 5.21. The molecule has 1 aliphatic rings. The third-order valence-electron chi connectivity index (χ3n) is 3.63. The molecule has 0 aromatic rings. The molecule has 8 heteroatoms. The number of hydrogen-bond acceptors (Lipinski definition) is 6. The van der Waals surface area contributed by atoms with Gasteiger partial charge in [0.15, 0.2) is 0 Å². The lowest BCUT2D eigenvalue weighted by Crippen LogP contribution is -2.60. The fraction of sp³-hybridized carbons (Fsp3) is 0.923. The highest BCUT2D eigenvalue weighted by atomic mass is 32.2. The molecule has 0 aromatic heterocycles. The van der Waals surface area contributed by atoms with Crippen LogP contribution in [0.25, 0.3) is 0 Å². The predicted molar refractivity (Wildman–Crippen MR) is 81.6 cm³/mol. The number of carbonyl (C=O) groups is 1. The predicted octanol–water partition coefficient (Wildman–Crippen LogP) is -0.505. The molecule has 0 radical (unpaired) electrons. The number of rotatable bonds is 7. The smallest absolute Gasteiger partial charge is 0.327 e. The summed E-state index contributed by atoms with van der Waals surface area (Å²) in [5, 5.41) is 3.18. The Bertz CT molecular complexity index is 446. The summed E-state index contributed by atoms with van der Waals surface area (Å²) in [6.45, 7) is 9.25. The van der Waals surface area contributed by atoms with Gasteiger partial charge in [0.25, 0.3) is 0 Å². The number of nitrogens with zero attached hydrogens (tertiary/aromatic N) is 2. The van der Waals surface area contributed by atoms with E-state index in [-0.39, 0.29) is 5.97 Å². The number of hydrogen-bond donors (Lipinski definition) is 1. The van der Waals surface area contributed by atoms with Crippen LogP contribution in [0.2, 0.25) is 0 Å². The van der Waals surface area contributed by atoms with Crippen LogP contribution in [-0.4, -0.2) is 81.3 Å². The van der Waals surface area contributed by atoms with Crippen molar-refractivity contribution in [1.29, 1.82) is 0 Å². The van der Waals surface area contributed by atoms with Gasteiger partial charge < -0.3 is 10.1 Å². The van der Waals surface area contributed by atoms with Gasteiger partial charge in [-0.25, -0.2) is 8.42 Å². The fourth-order valence-corrected chi connectivity index (χ4v) is 3.37. The molecule has 1 unspecified atom stereocenters. The van der Waals surface area contributed by atoms with Crippen LogP contribution in [0.3, 0.4) is 0 Å². The number of nitrogens with one attached hydrogen (secondary N) is 1. The van der Waals surface area contributed by atoms with E-state index in [4.69, 9.17) is 4.74 Å². The third-order valence-corrected chi connectivity index (χ3v) is 4.94. The monoisotopic (exact) mass is 321 g/mol. The Kier molecular flexibility index (Phi) is 6.58. The van der Waals surface area contributed by atoms with Crippen molar-refractivity contribution < 1.29 is 17.9 Å². The van der Waals surface area contributed by atoms with Crippen LogP contribution < -0.4 is 5.32 Å². The molecule has 0 aromatic carbocycles. The zero-order chi connectivity index (χ0) is 16.1. The summed E-state index contributed by atoms with van der Waals surface area (Å²) < 4.78 is 29.6. The van der Waals surface area contributed by atoms with Crippen LogP contribution in [0.1, 0.15) is 20.8 Å². The Labute approximate surface area is 127 Å². The Morgan fingerprint density at radius 1 is 1.24 bits per heavy atom. The number of ether oxygens (including phenoxy) is 1. The van der Waals surface area contributed by atoms with E-state index in [1.54, 1.807) is 6.92 Å². The van der Waals surface area contributed by atoms with E-state index in [0.717, 1.165) is 0 Å². The lowest BCUT2D eigenvalue weighted by atomic mass is 10.0. The number of likely N-dealkylation sites (N-methyl/N-ethyl adjacent to an activating group) is 1. The van der Waals surface area contributed by atoms with Gasteiger partial charge in [-0.3, -0.25) is 9.69 Å². The van der Waals surface area contributed by atoms with E-state index in [2.05, 4.69) is 10.2 Å². The quantitative estimate of drug-likeness (QED) is 0.637. The average Bonchev–Trinajstić information content (AvgIpc) is 2.38. The molecule has 0 bridgehead atoms. The van der Waals surface area contributed by atoms with Crippen LogP contribution in [-0.2, 0) is 19.6 Å². The SMILES string of the molecule is CCNC(C)(CN1CCN(S(C)(=O)=O)CC1)C(=O)OCC. The van der Waals surface area contributed by atoms with Gasteiger partial charge in [-0.05, 0) is 20.4 Å². The van der Waals surface area contributed by atoms with E-state index in [1.807, 2.05) is 13.8 Å². The first-order valence-electron chi connectivity index (χ1n) is 7.32. The number of piperazine rings is 1. The highest BCUT2D eigenvalue weighted by Crippen LogP contribution is 2.13. The Hall–Kier alpha value is -0.700. The summed E-state index contributed by atoms with van der Waals surface area (Å²) in [6.07, 6.45) is 1.23. The Morgan fingerprint density at radius 2 is 1.81 bits per heavy atom. The Balaban J connectivity index is 2.64. The molecule has 0 aliphatic carbocycles. The first-order valence-corrected chi connectivity index (χ1v) is 9.17.